The number of rotatable bonds is 11. The molecule has 0 aliphatic carbocycles. The molecule has 2 aromatic carbocycles. The van der Waals surface area contributed by atoms with Gasteiger partial charge in [0, 0.05) is 13.1 Å². The van der Waals surface area contributed by atoms with Crippen molar-refractivity contribution in [3.8, 4) is 0 Å². The van der Waals surface area contributed by atoms with E-state index < -0.39 is 47.9 Å². The van der Waals surface area contributed by atoms with Crippen molar-refractivity contribution in [2.45, 2.75) is 58.3 Å². The van der Waals surface area contributed by atoms with Crippen LogP contribution in [-0.4, -0.2) is 46.9 Å². The molecule has 0 bridgehead atoms. The van der Waals surface area contributed by atoms with Gasteiger partial charge in [-0.2, -0.15) is 0 Å². The second-order valence-electron chi connectivity index (χ2n) is 9.61. The summed E-state index contributed by atoms with van der Waals surface area (Å²) in [7, 11) is 0. The van der Waals surface area contributed by atoms with Crippen LogP contribution < -0.4 is 16.4 Å². The van der Waals surface area contributed by atoms with E-state index in [1.165, 1.54) is 11.0 Å². The molecule has 4 amide bonds. The third kappa shape index (κ3) is 9.10. The summed E-state index contributed by atoms with van der Waals surface area (Å²) in [5, 5.41) is 5.34. The number of aryl methyl sites for hydroxylation is 1. The Kier molecular flexibility index (Phi) is 10.4. The molecule has 2 unspecified atom stereocenters. The number of primary amides is 1. The maximum absolute atomic E-state index is 13.8. The van der Waals surface area contributed by atoms with E-state index >= 15 is 0 Å². The van der Waals surface area contributed by atoms with Crippen molar-refractivity contribution in [1.29, 1.82) is 0 Å². The van der Waals surface area contributed by atoms with Gasteiger partial charge in [0.2, 0.25) is 17.7 Å². The molecule has 2 atom stereocenters. The Morgan fingerprint density at radius 3 is 2.24 bits per heavy atom. The number of carbonyl (C=O) groups is 4. The fourth-order valence-corrected chi connectivity index (χ4v) is 3.74. The Hall–Kier alpha value is -4.14. The van der Waals surface area contributed by atoms with Crippen LogP contribution in [-0.2, 0) is 25.7 Å². The highest BCUT2D eigenvalue weighted by Gasteiger charge is 2.37. The minimum absolute atomic E-state index is 0.0259. The zero-order valence-electron chi connectivity index (χ0n) is 21.8. The summed E-state index contributed by atoms with van der Waals surface area (Å²) in [6.45, 7) is 10.8. The molecule has 0 spiro atoms. The summed E-state index contributed by atoms with van der Waals surface area (Å²) >= 11 is 0. The maximum Gasteiger partial charge on any atom is 0.408 e. The van der Waals surface area contributed by atoms with Gasteiger partial charge in [-0.1, -0.05) is 60.7 Å². The molecule has 9 nitrogen and oxygen atoms in total. The lowest BCUT2D eigenvalue weighted by Crippen LogP contribution is -2.54. The monoisotopic (exact) mass is 508 g/mol. The normalized spacial score (nSPS) is 12.5. The first-order valence-electron chi connectivity index (χ1n) is 12.0. The Morgan fingerprint density at radius 2 is 1.68 bits per heavy atom. The summed E-state index contributed by atoms with van der Waals surface area (Å²) in [5.41, 5.74) is 6.83. The first-order chi connectivity index (χ1) is 17.4. The molecule has 0 fully saturated rings. The van der Waals surface area contributed by atoms with Crippen molar-refractivity contribution >= 4 is 23.8 Å². The van der Waals surface area contributed by atoms with Crippen LogP contribution in [0.15, 0.2) is 67.3 Å². The predicted octanol–water partition coefficient (Wildman–Crippen LogP) is 3.14. The Labute approximate surface area is 218 Å². The number of amides is 4. The van der Waals surface area contributed by atoms with Crippen molar-refractivity contribution in [1.82, 2.24) is 15.5 Å². The lowest BCUT2D eigenvalue weighted by Gasteiger charge is -2.34. The quantitative estimate of drug-likeness (QED) is 0.402. The summed E-state index contributed by atoms with van der Waals surface area (Å²) < 4.78 is 5.27. The highest BCUT2D eigenvalue weighted by molar-refractivity contribution is 5.94. The Morgan fingerprint density at radius 1 is 1.05 bits per heavy atom. The van der Waals surface area contributed by atoms with Gasteiger partial charge in [-0.3, -0.25) is 14.4 Å². The van der Waals surface area contributed by atoms with Gasteiger partial charge in [0.25, 0.3) is 0 Å². The number of nitrogens with two attached hydrogens (primary N) is 1. The molecule has 4 N–H and O–H groups in total. The van der Waals surface area contributed by atoms with Crippen molar-refractivity contribution in [3.63, 3.8) is 0 Å². The van der Waals surface area contributed by atoms with Gasteiger partial charge in [-0.25, -0.2) is 4.79 Å². The fraction of sp³-hybridized carbons (Fsp3) is 0.357. The molecular weight excluding hydrogens is 472 g/mol. The molecule has 0 saturated carbocycles. The number of ether oxygens (including phenoxy) is 1. The number of nitrogens with zero attached hydrogens (tertiary/aromatic N) is 1. The van der Waals surface area contributed by atoms with E-state index in [1.54, 1.807) is 32.9 Å². The van der Waals surface area contributed by atoms with E-state index in [2.05, 4.69) is 17.2 Å². The first-order valence-corrected chi connectivity index (χ1v) is 12.0. The minimum atomic E-state index is -1.35. The van der Waals surface area contributed by atoms with Crippen LogP contribution in [0.2, 0.25) is 0 Å². The van der Waals surface area contributed by atoms with Crippen LogP contribution in [0.1, 0.15) is 49.9 Å². The van der Waals surface area contributed by atoms with Gasteiger partial charge in [-0.15, -0.1) is 6.58 Å². The second kappa shape index (κ2) is 13.2. The summed E-state index contributed by atoms with van der Waals surface area (Å²) in [4.78, 5) is 53.0. The number of alkyl carbamates (subject to hydrolysis) is 1. The summed E-state index contributed by atoms with van der Waals surface area (Å²) in [5.74, 6) is -1.90. The summed E-state index contributed by atoms with van der Waals surface area (Å²) in [6, 6.07) is 14.2. The van der Waals surface area contributed by atoms with Crippen LogP contribution >= 0.6 is 0 Å². The van der Waals surface area contributed by atoms with E-state index in [0.29, 0.717) is 5.56 Å². The number of carbonyl (C=O) groups excluding carboxylic acids is 4. The average Bonchev–Trinajstić information content (AvgIpc) is 2.82. The molecule has 0 aliphatic heterocycles. The number of benzene rings is 2. The fourth-order valence-electron chi connectivity index (χ4n) is 3.74. The van der Waals surface area contributed by atoms with Crippen molar-refractivity contribution in [2.75, 3.05) is 6.54 Å². The van der Waals surface area contributed by atoms with E-state index in [4.69, 9.17) is 10.5 Å². The van der Waals surface area contributed by atoms with Crippen LogP contribution in [0.4, 0.5) is 4.79 Å². The van der Waals surface area contributed by atoms with E-state index in [1.807, 2.05) is 49.4 Å². The smallest absolute Gasteiger partial charge is 0.408 e. The molecule has 0 radical (unpaired) electrons. The van der Waals surface area contributed by atoms with Gasteiger partial charge >= 0.3 is 6.09 Å². The lowest BCUT2D eigenvalue weighted by atomic mass is 9.97. The molecule has 0 saturated heterocycles. The first kappa shape index (κ1) is 29.1. The van der Waals surface area contributed by atoms with Gasteiger partial charge in [0.05, 0.1) is 6.42 Å². The number of hydrogen-bond donors (Lipinski definition) is 3. The standard InChI is InChI=1S/C28H36N4O5/c1-6-16-32(26(35)22(17-23(29)33)31-27(36)37-28(3,4)5)24(21-15-11-10-12-19(21)2)25(34)30-18-20-13-8-7-9-14-20/h6-15,22,24H,1,16-18H2,2-5H3,(H2,29,33)(H,30,34)(H,31,36). The highest BCUT2D eigenvalue weighted by atomic mass is 16.6. The molecule has 9 heteroatoms. The zero-order chi connectivity index (χ0) is 27.6. The largest absolute Gasteiger partial charge is 0.444 e. The van der Waals surface area contributed by atoms with Crippen LogP contribution in [0, 0.1) is 6.92 Å². The van der Waals surface area contributed by atoms with Crippen molar-refractivity contribution in [3.05, 3.63) is 83.9 Å². The predicted molar refractivity (Wildman–Crippen MR) is 141 cm³/mol. The van der Waals surface area contributed by atoms with Gasteiger partial charge in [-0.05, 0) is 44.4 Å². The van der Waals surface area contributed by atoms with Crippen molar-refractivity contribution < 1.29 is 23.9 Å². The van der Waals surface area contributed by atoms with Crippen LogP contribution in [0.5, 0.6) is 0 Å². The lowest BCUT2D eigenvalue weighted by molar-refractivity contribution is -0.142. The zero-order valence-corrected chi connectivity index (χ0v) is 21.8. The molecule has 198 valence electrons. The molecule has 37 heavy (non-hydrogen) atoms. The molecule has 0 aliphatic rings. The van der Waals surface area contributed by atoms with Gasteiger partial charge in [0.15, 0.2) is 0 Å². The SMILES string of the molecule is C=CCN(C(=O)C(CC(N)=O)NC(=O)OC(C)(C)C)C(C(=O)NCc1ccccc1)c1ccccc1C. The van der Waals surface area contributed by atoms with E-state index in [9.17, 15) is 19.2 Å². The molecular formula is C28H36N4O5. The van der Waals surface area contributed by atoms with Crippen molar-refractivity contribution in [2.24, 2.45) is 5.73 Å². The molecule has 2 aromatic rings. The van der Waals surface area contributed by atoms with E-state index in [0.717, 1.165) is 11.1 Å². The summed E-state index contributed by atoms with van der Waals surface area (Å²) in [6.07, 6.45) is 0.118. The molecule has 0 heterocycles. The molecule has 2 rings (SSSR count). The Bertz CT molecular complexity index is 1110. The van der Waals surface area contributed by atoms with Gasteiger partial charge in [0.1, 0.15) is 17.7 Å². The number of nitrogens with one attached hydrogen (secondary N) is 2. The maximum atomic E-state index is 13.8. The molecule has 0 aromatic heterocycles. The third-order valence-corrected chi connectivity index (χ3v) is 5.36. The van der Waals surface area contributed by atoms with E-state index in [-0.39, 0.29) is 13.1 Å². The Balaban J connectivity index is 2.45. The van der Waals surface area contributed by atoms with Gasteiger partial charge < -0.3 is 26.0 Å². The second-order valence-corrected chi connectivity index (χ2v) is 9.61. The third-order valence-electron chi connectivity index (χ3n) is 5.36. The van der Waals surface area contributed by atoms with Crippen LogP contribution in [0.25, 0.3) is 0 Å². The highest BCUT2D eigenvalue weighted by Crippen LogP contribution is 2.26. The minimum Gasteiger partial charge on any atom is -0.444 e. The van der Waals surface area contributed by atoms with Crippen LogP contribution in [0.3, 0.4) is 0 Å². The average molecular weight is 509 g/mol. The number of hydrogen-bond acceptors (Lipinski definition) is 5. The topological polar surface area (TPSA) is 131 Å².